The summed E-state index contributed by atoms with van der Waals surface area (Å²) in [5.41, 5.74) is 3.22. The van der Waals surface area contributed by atoms with E-state index < -0.39 is 0 Å². The van der Waals surface area contributed by atoms with Crippen molar-refractivity contribution < 1.29 is 9.53 Å². The van der Waals surface area contributed by atoms with Gasteiger partial charge >= 0.3 is 0 Å². The number of benzene rings is 1. The van der Waals surface area contributed by atoms with E-state index in [0.29, 0.717) is 19.6 Å². The number of carbonyl (C=O) groups excluding carboxylic acids is 1. The van der Waals surface area contributed by atoms with Crippen LogP contribution >= 0.6 is 0 Å². The van der Waals surface area contributed by atoms with E-state index in [1.54, 1.807) is 12.4 Å². The topological polar surface area (TPSA) is 42.4 Å². The number of hydrogen-bond acceptors (Lipinski definition) is 3. The molecule has 2 aromatic rings. The standard InChI is InChI=1S/C19H22N2O2/c1-14-11-20-9-8-17(14)10-19(22)21-12-18(23-13-15(21)2)16-6-4-3-5-7-16/h3-9,11,15,18H,10,12-13H2,1-2H3/t15-,18-/m0/s1. The molecule has 1 aromatic heterocycles. The number of rotatable bonds is 3. The van der Waals surface area contributed by atoms with Gasteiger partial charge in [0.1, 0.15) is 6.10 Å². The molecule has 120 valence electrons. The molecule has 2 atom stereocenters. The van der Waals surface area contributed by atoms with Crippen LogP contribution in [0.2, 0.25) is 0 Å². The van der Waals surface area contributed by atoms with Crippen LogP contribution in [-0.4, -0.2) is 35.0 Å². The summed E-state index contributed by atoms with van der Waals surface area (Å²) in [5.74, 6) is 0.149. The van der Waals surface area contributed by atoms with E-state index in [1.807, 2.05) is 43.0 Å². The Morgan fingerprint density at radius 3 is 2.83 bits per heavy atom. The second-order valence-corrected chi connectivity index (χ2v) is 6.11. The number of carbonyl (C=O) groups is 1. The minimum atomic E-state index is -0.0464. The quantitative estimate of drug-likeness (QED) is 0.875. The maximum absolute atomic E-state index is 12.8. The molecular weight excluding hydrogens is 288 g/mol. The van der Waals surface area contributed by atoms with Gasteiger partial charge in [-0.3, -0.25) is 9.78 Å². The molecule has 2 heterocycles. The molecule has 4 nitrogen and oxygen atoms in total. The summed E-state index contributed by atoms with van der Waals surface area (Å²) in [6.45, 7) is 5.21. The number of nitrogens with zero attached hydrogens (tertiary/aromatic N) is 2. The van der Waals surface area contributed by atoms with E-state index in [1.165, 1.54) is 0 Å². The van der Waals surface area contributed by atoms with Crippen LogP contribution in [0.1, 0.15) is 29.7 Å². The summed E-state index contributed by atoms with van der Waals surface area (Å²) in [4.78, 5) is 18.8. The van der Waals surface area contributed by atoms with Gasteiger partial charge in [-0.05, 0) is 36.6 Å². The highest BCUT2D eigenvalue weighted by Gasteiger charge is 2.30. The highest BCUT2D eigenvalue weighted by Crippen LogP contribution is 2.25. The number of morpholine rings is 1. The second kappa shape index (κ2) is 6.92. The summed E-state index contributed by atoms with van der Waals surface area (Å²) in [7, 11) is 0. The molecule has 0 unspecified atom stereocenters. The van der Waals surface area contributed by atoms with Crippen LogP contribution < -0.4 is 0 Å². The van der Waals surface area contributed by atoms with Gasteiger partial charge in [-0.1, -0.05) is 30.3 Å². The molecule has 23 heavy (non-hydrogen) atoms. The first-order chi connectivity index (χ1) is 11.1. The molecule has 1 aliphatic rings. The van der Waals surface area contributed by atoms with Crippen LogP contribution in [-0.2, 0) is 16.0 Å². The molecule has 0 saturated carbocycles. The van der Waals surface area contributed by atoms with E-state index in [4.69, 9.17) is 4.74 Å². The van der Waals surface area contributed by atoms with Crippen LogP contribution in [0.5, 0.6) is 0 Å². The normalized spacial score (nSPS) is 21.2. The Balaban J connectivity index is 1.72. The summed E-state index contributed by atoms with van der Waals surface area (Å²) in [6, 6.07) is 12.1. The predicted molar refractivity (Wildman–Crippen MR) is 89.0 cm³/mol. The average molecular weight is 310 g/mol. The van der Waals surface area contributed by atoms with Crippen molar-refractivity contribution in [3.8, 4) is 0 Å². The number of pyridine rings is 1. The van der Waals surface area contributed by atoms with Gasteiger partial charge in [-0.15, -0.1) is 0 Å². The van der Waals surface area contributed by atoms with Crippen molar-refractivity contribution in [1.82, 2.24) is 9.88 Å². The number of hydrogen-bond donors (Lipinski definition) is 0. The first kappa shape index (κ1) is 15.7. The molecule has 0 spiro atoms. The molecule has 0 N–H and O–H groups in total. The highest BCUT2D eigenvalue weighted by atomic mass is 16.5. The molecule has 1 saturated heterocycles. The Bertz CT molecular complexity index is 672. The molecular formula is C19H22N2O2. The highest BCUT2D eigenvalue weighted by molar-refractivity contribution is 5.79. The van der Waals surface area contributed by atoms with Gasteiger partial charge in [0.2, 0.25) is 5.91 Å². The van der Waals surface area contributed by atoms with Gasteiger partial charge in [0.15, 0.2) is 0 Å². The third-order valence-electron chi connectivity index (χ3n) is 4.40. The van der Waals surface area contributed by atoms with Crippen molar-refractivity contribution >= 4 is 5.91 Å². The Morgan fingerprint density at radius 2 is 2.09 bits per heavy atom. The smallest absolute Gasteiger partial charge is 0.227 e. The van der Waals surface area contributed by atoms with Crippen molar-refractivity contribution in [1.29, 1.82) is 0 Å². The lowest BCUT2D eigenvalue weighted by Crippen LogP contribution is -2.48. The van der Waals surface area contributed by atoms with Crippen LogP contribution in [0.15, 0.2) is 48.8 Å². The summed E-state index contributed by atoms with van der Waals surface area (Å²) in [5, 5.41) is 0. The summed E-state index contributed by atoms with van der Waals surface area (Å²) < 4.78 is 5.93. The van der Waals surface area contributed by atoms with E-state index >= 15 is 0 Å². The molecule has 1 aromatic carbocycles. The van der Waals surface area contributed by atoms with Gasteiger partial charge in [0.25, 0.3) is 0 Å². The average Bonchev–Trinajstić information content (AvgIpc) is 2.58. The molecule has 1 amide bonds. The lowest BCUT2D eigenvalue weighted by atomic mass is 10.0. The Kier molecular flexibility index (Phi) is 4.72. The molecule has 0 aliphatic carbocycles. The third-order valence-corrected chi connectivity index (χ3v) is 4.40. The van der Waals surface area contributed by atoms with Crippen LogP contribution in [0, 0.1) is 6.92 Å². The number of amides is 1. The Hall–Kier alpha value is -2.20. The van der Waals surface area contributed by atoms with E-state index in [0.717, 1.165) is 16.7 Å². The fraction of sp³-hybridized carbons (Fsp3) is 0.368. The fourth-order valence-corrected chi connectivity index (χ4v) is 2.94. The SMILES string of the molecule is Cc1cnccc1CC(=O)N1C[C@@H](c2ccccc2)OC[C@@H]1C. The molecule has 4 heteroatoms. The summed E-state index contributed by atoms with van der Waals surface area (Å²) in [6.07, 6.45) is 3.92. The number of aromatic nitrogens is 1. The van der Waals surface area contributed by atoms with Gasteiger partial charge < -0.3 is 9.64 Å². The number of aryl methyl sites for hydroxylation is 1. The van der Waals surface area contributed by atoms with Gasteiger partial charge in [-0.25, -0.2) is 0 Å². The maximum atomic E-state index is 12.8. The molecule has 1 fully saturated rings. The summed E-state index contributed by atoms with van der Waals surface area (Å²) >= 11 is 0. The van der Waals surface area contributed by atoms with Gasteiger partial charge in [0.05, 0.1) is 25.6 Å². The van der Waals surface area contributed by atoms with Gasteiger partial charge in [-0.2, -0.15) is 0 Å². The minimum Gasteiger partial charge on any atom is -0.370 e. The predicted octanol–water partition coefficient (Wildman–Crippen LogP) is 2.92. The largest absolute Gasteiger partial charge is 0.370 e. The van der Waals surface area contributed by atoms with E-state index in [9.17, 15) is 4.79 Å². The zero-order chi connectivity index (χ0) is 16.2. The molecule has 0 radical (unpaired) electrons. The van der Waals surface area contributed by atoms with Crippen molar-refractivity contribution in [3.05, 3.63) is 65.5 Å². The fourth-order valence-electron chi connectivity index (χ4n) is 2.94. The van der Waals surface area contributed by atoms with Crippen LogP contribution in [0.25, 0.3) is 0 Å². The molecule has 0 bridgehead atoms. The monoisotopic (exact) mass is 310 g/mol. The van der Waals surface area contributed by atoms with Crippen molar-refractivity contribution in [3.63, 3.8) is 0 Å². The molecule has 3 rings (SSSR count). The Labute approximate surface area is 137 Å². The lowest BCUT2D eigenvalue weighted by Gasteiger charge is -2.38. The second-order valence-electron chi connectivity index (χ2n) is 6.11. The van der Waals surface area contributed by atoms with E-state index in [-0.39, 0.29) is 18.1 Å². The van der Waals surface area contributed by atoms with Gasteiger partial charge in [0, 0.05) is 12.4 Å². The third kappa shape index (κ3) is 3.59. The maximum Gasteiger partial charge on any atom is 0.227 e. The van der Waals surface area contributed by atoms with Crippen molar-refractivity contribution in [2.24, 2.45) is 0 Å². The first-order valence-electron chi connectivity index (χ1n) is 8.00. The minimum absolute atomic E-state index is 0.0464. The van der Waals surface area contributed by atoms with Crippen LogP contribution in [0.4, 0.5) is 0 Å². The number of ether oxygens (including phenoxy) is 1. The van der Waals surface area contributed by atoms with Crippen molar-refractivity contribution in [2.75, 3.05) is 13.2 Å². The Morgan fingerprint density at radius 1 is 1.30 bits per heavy atom. The van der Waals surface area contributed by atoms with Crippen LogP contribution in [0.3, 0.4) is 0 Å². The first-order valence-corrected chi connectivity index (χ1v) is 8.00. The van der Waals surface area contributed by atoms with E-state index in [2.05, 4.69) is 17.1 Å². The molecule has 1 aliphatic heterocycles. The zero-order valence-corrected chi connectivity index (χ0v) is 13.6. The lowest BCUT2D eigenvalue weighted by molar-refractivity contribution is -0.143. The zero-order valence-electron chi connectivity index (χ0n) is 13.6. The van der Waals surface area contributed by atoms with Crippen molar-refractivity contribution in [2.45, 2.75) is 32.4 Å².